The van der Waals surface area contributed by atoms with Gasteiger partial charge in [-0.05, 0) is 60.2 Å². The highest BCUT2D eigenvalue weighted by atomic mass is 79.9. The number of carbonyl (C=O) groups excluding carboxylic acids is 1. The van der Waals surface area contributed by atoms with Gasteiger partial charge in [0.25, 0.3) is 15.9 Å². The minimum Gasteiger partial charge on any atom is -0.322 e. The van der Waals surface area contributed by atoms with E-state index in [1.165, 1.54) is 15.6 Å². The fourth-order valence-corrected chi connectivity index (χ4v) is 6.46. The summed E-state index contributed by atoms with van der Waals surface area (Å²) in [5.74, 6) is -0.361. The minimum absolute atomic E-state index is 0.306. The number of sulfonamides is 1. The molecule has 1 aliphatic heterocycles. The lowest BCUT2D eigenvalue weighted by molar-refractivity contribution is 0.102. The minimum atomic E-state index is -3.63. The lowest BCUT2D eigenvalue weighted by Gasteiger charge is -2.30. The van der Waals surface area contributed by atoms with Crippen molar-refractivity contribution in [2.24, 2.45) is 0 Å². The summed E-state index contributed by atoms with van der Waals surface area (Å²) in [6, 6.07) is 13.7. The molecule has 0 saturated heterocycles. The van der Waals surface area contributed by atoms with Crippen LogP contribution in [0.4, 0.5) is 11.4 Å². The summed E-state index contributed by atoms with van der Waals surface area (Å²) in [6.07, 6.45) is 1.54. The number of nitrogens with zero attached hydrogens (tertiary/aromatic N) is 1. The second kappa shape index (κ2) is 8.10. The quantitative estimate of drug-likeness (QED) is 0.499. The number of anilines is 2. The summed E-state index contributed by atoms with van der Waals surface area (Å²) < 4.78 is 28.6. The molecule has 5 nitrogen and oxygen atoms in total. The van der Waals surface area contributed by atoms with Crippen molar-refractivity contribution in [1.82, 2.24) is 0 Å². The van der Waals surface area contributed by atoms with Crippen molar-refractivity contribution in [3.05, 3.63) is 74.5 Å². The number of halogens is 2. The van der Waals surface area contributed by atoms with Crippen LogP contribution in [-0.4, -0.2) is 20.9 Å². The molecule has 0 spiro atoms. The van der Waals surface area contributed by atoms with Crippen LogP contribution in [0.3, 0.4) is 0 Å². The van der Waals surface area contributed by atoms with Crippen molar-refractivity contribution in [2.75, 3.05) is 16.2 Å². The Morgan fingerprint density at radius 1 is 1.17 bits per heavy atom. The van der Waals surface area contributed by atoms with E-state index < -0.39 is 10.0 Å². The van der Waals surface area contributed by atoms with Crippen LogP contribution in [0.25, 0.3) is 0 Å². The molecule has 2 aromatic carbocycles. The Labute approximate surface area is 186 Å². The maximum Gasteiger partial charge on any atom is 0.273 e. The first-order chi connectivity index (χ1) is 13.9. The van der Waals surface area contributed by atoms with Crippen LogP contribution in [0.5, 0.6) is 0 Å². The molecule has 0 unspecified atom stereocenters. The smallest absolute Gasteiger partial charge is 0.273 e. The van der Waals surface area contributed by atoms with Gasteiger partial charge in [0, 0.05) is 16.7 Å². The van der Waals surface area contributed by atoms with E-state index in [-0.39, 0.29) is 5.91 Å². The number of hydrogen-bond acceptors (Lipinski definition) is 4. The first-order valence-electron chi connectivity index (χ1n) is 8.82. The summed E-state index contributed by atoms with van der Waals surface area (Å²) in [7, 11) is -3.63. The van der Waals surface area contributed by atoms with Gasteiger partial charge in [-0.15, -0.1) is 11.3 Å². The number of fused-ring (bicyclic) bond motifs is 1. The zero-order chi connectivity index (χ0) is 20.6. The van der Waals surface area contributed by atoms with Crippen molar-refractivity contribution < 1.29 is 13.2 Å². The summed E-state index contributed by atoms with van der Waals surface area (Å²) >= 11 is 10.7. The number of carbonyl (C=O) groups is 1. The Kier molecular flexibility index (Phi) is 5.70. The number of nitrogens with one attached hydrogen (secondary N) is 1. The number of aryl methyl sites for hydroxylation is 1. The van der Waals surface area contributed by atoms with Crippen LogP contribution in [0.15, 0.2) is 62.6 Å². The molecule has 9 heteroatoms. The summed E-state index contributed by atoms with van der Waals surface area (Å²) in [4.78, 5) is 12.7. The Morgan fingerprint density at radius 3 is 2.76 bits per heavy atom. The van der Waals surface area contributed by atoms with E-state index >= 15 is 0 Å². The van der Waals surface area contributed by atoms with Crippen LogP contribution in [0, 0.1) is 0 Å². The molecule has 0 saturated carbocycles. The Hall–Kier alpha value is -1.87. The maximum absolute atomic E-state index is 13.1. The largest absolute Gasteiger partial charge is 0.322 e. The zero-order valence-electron chi connectivity index (χ0n) is 15.1. The van der Waals surface area contributed by atoms with Crippen LogP contribution in [0.2, 0.25) is 5.02 Å². The number of thiophene rings is 1. The van der Waals surface area contributed by atoms with Gasteiger partial charge >= 0.3 is 0 Å². The fourth-order valence-electron chi connectivity index (χ4n) is 3.26. The first kappa shape index (κ1) is 20.4. The van der Waals surface area contributed by atoms with Gasteiger partial charge in [0.2, 0.25) is 0 Å². The number of rotatable bonds is 4. The van der Waals surface area contributed by atoms with Gasteiger partial charge in [-0.2, -0.15) is 0 Å². The molecule has 0 bridgehead atoms. The normalized spacial score (nSPS) is 13.8. The van der Waals surface area contributed by atoms with Crippen molar-refractivity contribution in [1.29, 1.82) is 0 Å². The Balaban J connectivity index is 1.67. The van der Waals surface area contributed by atoms with Crippen LogP contribution in [0.1, 0.15) is 22.3 Å². The van der Waals surface area contributed by atoms with E-state index in [1.54, 1.807) is 47.8 Å². The molecule has 1 N–H and O–H groups in total. The van der Waals surface area contributed by atoms with Gasteiger partial charge < -0.3 is 5.32 Å². The lowest BCUT2D eigenvalue weighted by atomic mass is 10.0. The Morgan fingerprint density at radius 2 is 2.00 bits per heavy atom. The van der Waals surface area contributed by atoms with E-state index in [1.807, 2.05) is 6.07 Å². The molecule has 3 aromatic rings. The third-order valence-corrected chi connectivity index (χ3v) is 8.64. The summed E-state index contributed by atoms with van der Waals surface area (Å²) in [6.45, 7) is 0.405. The first-order valence-corrected chi connectivity index (χ1v) is 12.3. The number of amides is 1. The summed E-state index contributed by atoms with van der Waals surface area (Å²) in [5.41, 5.74) is 2.39. The van der Waals surface area contributed by atoms with Gasteiger partial charge in [-0.3, -0.25) is 9.10 Å². The SMILES string of the molecule is O=C(Nc1ccc2c(c1)N(S(=O)(=O)c1cccs1)CCC2)c1cc(Br)ccc1Cl. The van der Waals surface area contributed by atoms with Crippen molar-refractivity contribution in [3.63, 3.8) is 0 Å². The van der Waals surface area contributed by atoms with Gasteiger partial charge in [0.15, 0.2) is 0 Å². The molecule has 1 aromatic heterocycles. The Bertz CT molecular complexity index is 1180. The standard InChI is InChI=1S/C20H16BrClN2O3S2/c21-14-6-8-17(22)16(11-14)20(25)23-15-7-5-13-3-1-9-24(18(13)12-15)29(26,27)19-4-2-10-28-19/h2,4-8,10-12H,1,3,9H2,(H,23,25). The molecule has 150 valence electrons. The fraction of sp³-hybridized carbons (Fsp3) is 0.150. The van der Waals surface area contributed by atoms with Crippen LogP contribution in [-0.2, 0) is 16.4 Å². The number of hydrogen-bond donors (Lipinski definition) is 1. The third kappa shape index (κ3) is 4.07. The maximum atomic E-state index is 13.1. The third-order valence-electron chi connectivity index (χ3n) is 4.63. The topological polar surface area (TPSA) is 66.5 Å². The van der Waals surface area contributed by atoms with Crippen molar-refractivity contribution in [3.8, 4) is 0 Å². The monoisotopic (exact) mass is 510 g/mol. The lowest BCUT2D eigenvalue weighted by Crippen LogP contribution is -2.35. The van der Waals surface area contributed by atoms with Crippen LogP contribution < -0.4 is 9.62 Å². The molecule has 0 radical (unpaired) electrons. The van der Waals surface area contributed by atoms with Crippen molar-refractivity contribution in [2.45, 2.75) is 17.1 Å². The molecule has 0 fully saturated rings. The highest BCUT2D eigenvalue weighted by Gasteiger charge is 2.30. The number of benzene rings is 2. The van der Waals surface area contributed by atoms with Crippen LogP contribution >= 0.6 is 38.9 Å². The highest BCUT2D eigenvalue weighted by molar-refractivity contribution is 9.10. The van der Waals surface area contributed by atoms with Gasteiger partial charge in [0.05, 0.1) is 16.3 Å². The average Bonchev–Trinajstić information content (AvgIpc) is 3.25. The summed E-state index contributed by atoms with van der Waals surface area (Å²) in [5, 5.41) is 4.90. The molecular formula is C20H16BrClN2O3S2. The van der Waals surface area contributed by atoms with E-state index in [9.17, 15) is 13.2 Å². The van der Waals surface area contributed by atoms with Crippen molar-refractivity contribution >= 4 is 66.2 Å². The van der Waals surface area contributed by atoms with E-state index in [0.29, 0.717) is 32.7 Å². The molecule has 1 aliphatic rings. The molecule has 29 heavy (non-hydrogen) atoms. The second-order valence-electron chi connectivity index (χ2n) is 6.53. The molecule has 4 rings (SSSR count). The molecule has 2 heterocycles. The highest BCUT2D eigenvalue weighted by Crippen LogP contribution is 2.35. The second-order valence-corrected chi connectivity index (χ2v) is 10.9. The molecular weight excluding hydrogens is 496 g/mol. The van der Waals surface area contributed by atoms with E-state index in [4.69, 9.17) is 11.6 Å². The van der Waals surface area contributed by atoms with E-state index in [2.05, 4.69) is 21.2 Å². The molecule has 1 amide bonds. The van der Waals surface area contributed by atoms with E-state index in [0.717, 1.165) is 22.9 Å². The predicted molar refractivity (Wildman–Crippen MR) is 121 cm³/mol. The van der Waals surface area contributed by atoms with Gasteiger partial charge in [0.1, 0.15) is 4.21 Å². The van der Waals surface area contributed by atoms with Gasteiger partial charge in [-0.1, -0.05) is 39.7 Å². The predicted octanol–water partition coefficient (Wildman–Crippen LogP) is 5.56. The molecule has 0 atom stereocenters. The molecule has 0 aliphatic carbocycles. The zero-order valence-corrected chi connectivity index (χ0v) is 19.0. The average molecular weight is 512 g/mol. The van der Waals surface area contributed by atoms with Gasteiger partial charge in [-0.25, -0.2) is 8.42 Å².